The molecule has 2 aromatic rings. The van der Waals surface area contributed by atoms with E-state index in [9.17, 15) is 9.90 Å². The molecule has 0 unspecified atom stereocenters. The van der Waals surface area contributed by atoms with Crippen molar-refractivity contribution in [1.29, 1.82) is 0 Å². The summed E-state index contributed by atoms with van der Waals surface area (Å²) in [6.45, 7) is 3.50. The topological polar surface area (TPSA) is 66.0 Å². The SMILES string of the molecule is CC(C)(O)c1ccc(-c2nc3c(c(=O)[nH]2)CSCC3)cc1. The van der Waals surface area contributed by atoms with E-state index < -0.39 is 5.60 Å². The highest BCUT2D eigenvalue weighted by Gasteiger charge is 2.18. The van der Waals surface area contributed by atoms with Crippen LogP contribution in [-0.2, 0) is 17.8 Å². The first kappa shape index (κ1) is 14.4. The maximum atomic E-state index is 12.1. The molecule has 21 heavy (non-hydrogen) atoms. The number of hydrogen-bond acceptors (Lipinski definition) is 4. The lowest BCUT2D eigenvalue weighted by Gasteiger charge is -2.18. The van der Waals surface area contributed by atoms with Crippen molar-refractivity contribution in [3.05, 3.63) is 51.4 Å². The van der Waals surface area contributed by atoms with Crippen molar-refractivity contribution in [2.75, 3.05) is 5.75 Å². The number of aliphatic hydroxyl groups is 1. The number of hydrogen-bond donors (Lipinski definition) is 2. The van der Waals surface area contributed by atoms with Crippen molar-refractivity contribution in [1.82, 2.24) is 9.97 Å². The van der Waals surface area contributed by atoms with E-state index in [2.05, 4.69) is 9.97 Å². The van der Waals surface area contributed by atoms with E-state index >= 15 is 0 Å². The molecular weight excluding hydrogens is 284 g/mol. The van der Waals surface area contributed by atoms with Crippen LogP contribution in [0.25, 0.3) is 11.4 Å². The molecule has 0 fully saturated rings. The van der Waals surface area contributed by atoms with Crippen LogP contribution >= 0.6 is 11.8 Å². The van der Waals surface area contributed by atoms with Gasteiger partial charge in [0.15, 0.2) is 0 Å². The molecule has 5 heteroatoms. The fourth-order valence-electron chi connectivity index (χ4n) is 2.42. The molecule has 0 amide bonds. The summed E-state index contributed by atoms with van der Waals surface area (Å²) in [5.74, 6) is 2.36. The lowest BCUT2D eigenvalue weighted by molar-refractivity contribution is 0.0786. The zero-order chi connectivity index (χ0) is 15.0. The molecule has 110 valence electrons. The summed E-state index contributed by atoms with van der Waals surface area (Å²) < 4.78 is 0. The maximum Gasteiger partial charge on any atom is 0.255 e. The number of H-pyrrole nitrogens is 1. The Morgan fingerprint density at radius 1 is 1.29 bits per heavy atom. The Balaban J connectivity index is 2.01. The molecule has 0 aliphatic carbocycles. The van der Waals surface area contributed by atoms with Crippen molar-refractivity contribution < 1.29 is 5.11 Å². The van der Waals surface area contributed by atoms with Crippen molar-refractivity contribution in [2.24, 2.45) is 0 Å². The number of aromatic amines is 1. The van der Waals surface area contributed by atoms with Crippen LogP contribution in [0.5, 0.6) is 0 Å². The normalized spacial score (nSPS) is 14.8. The average Bonchev–Trinajstić information content (AvgIpc) is 2.46. The predicted molar refractivity (Wildman–Crippen MR) is 85.4 cm³/mol. The Morgan fingerprint density at radius 2 is 2.00 bits per heavy atom. The predicted octanol–water partition coefficient (Wildman–Crippen LogP) is 2.45. The van der Waals surface area contributed by atoms with Gasteiger partial charge in [-0.25, -0.2) is 4.98 Å². The number of thioether (sulfide) groups is 1. The third-order valence-corrected chi connectivity index (χ3v) is 4.68. The monoisotopic (exact) mass is 302 g/mol. The average molecular weight is 302 g/mol. The first-order valence-electron chi connectivity index (χ1n) is 6.98. The number of fused-ring (bicyclic) bond motifs is 1. The third-order valence-electron chi connectivity index (χ3n) is 3.70. The van der Waals surface area contributed by atoms with E-state index in [1.165, 1.54) is 0 Å². The largest absolute Gasteiger partial charge is 0.386 e. The number of nitrogens with one attached hydrogen (secondary N) is 1. The summed E-state index contributed by atoms with van der Waals surface area (Å²) in [5, 5.41) is 9.98. The number of rotatable bonds is 2. The second kappa shape index (κ2) is 5.31. The Hall–Kier alpha value is -1.59. The highest BCUT2D eigenvalue weighted by Crippen LogP contribution is 2.25. The standard InChI is InChI=1S/C16H18N2O2S/c1-16(2,20)11-5-3-10(4-6-11)14-17-13-7-8-21-9-12(13)15(19)18-14/h3-6,20H,7-9H2,1-2H3,(H,17,18,19). The maximum absolute atomic E-state index is 12.1. The molecule has 2 N–H and O–H groups in total. The quantitative estimate of drug-likeness (QED) is 0.894. The molecule has 0 radical (unpaired) electrons. The Labute approximate surface area is 127 Å². The van der Waals surface area contributed by atoms with Gasteiger partial charge in [-0.1, -0.05) is 24.3 Å². The Kier molecular flexibility index (Phi) is 3.63. The lowest BCUT2D eigenvalue weighted by Crippen LogP contribution is -2.21. The third kappa shape index (κ3) is 2.89. The summed E-state index contributed by atoms with van der Waals surface area (Å²) in [4.78, 5) is 19.6. The molecule has 1 aromatic carbocycles. The van der Waals surface area contributed by atoms with Crippen molar-refractivity contribution in [3.8, 4) is 11.4 Å². The number of aryl methyl sites for hydroxylation is 1. The summed E-state index contributed by atoms with van der Waals surface area (Å²) in [7, 11) is 0. The van der Waals surface area contributed by atoms with Gasteiger partial charge in [0.05, 0.1) is 11.3 Å². The van der Waals surface area contributed by atoms with Gasteiger partial charge in [0.25, 0.3) is 5.56 Å². The molecule has 3 rings (SSSR count). The minimum Gasteiger partial charge on any atom is -0.386 e. The molecule has 0 atom stereocenters. The molecule has 1 aromatic heterocycles. The molecular formula is C16H18N2O2S. The highest BCUT2D eigenvalue weighted by molar-refractivity contribution is 7.98. The summed E-state index contributed by atoms with van der Waals surface area (Å²) in [6.07, 6.45) is 0.846. The van der Waals surface area contributed by atoms with Gasteiger partial charge in [-0.3, -0.25) is 4.79 Å². The van der Waals surface area contributed by atoms with Crippen LogP contribution in [0.4, 0.5) is 0 Å². The molecule has 0 bridgehead atoms. The molecule has 0 spiro atoms. The summed E-state index contributed by atoms with van der Waals surface area (Å²) in [5.41, 5.74) is 2.52. The first-order valence-corrected chi connectivity index (χ1v) is 8.14. The Bertz CT molecular complexity index is 715. The van der Waals surface area contributed by atoms with Gasteiger partial charge in [0, 0.05) is 16.9 Å². The molecule has 1 aliphatic heterocycles. The van der Waals surface area contributed by atoms with Crippen LogP contribution in [0.2, 0.25) is 0 Å². The van der Waals surface area contributed by atoms with E-state index in [1.54, 1.807) is 25.6 Å². The van der Waals surface area contributed by atoms with E-state index in [-0.39, 0.29) is 5.56 Å². The molecule has 1 aliphatic rings. The number of aromatic nitrogens is 2. The zero-order valence-electron chi connectivity index (χ0n) is 12.1. The van der Waals surface area contributed by atoms with E-state index in [0.29, 0.717) is 5.82 Å². The Morgan fingerprint density at radius 3 is 2.67 bits per heavy atom. The minimum absolute atomic E-state index is 0.0336. The molecule has 0 saturated heterocycles. The lowest BCUT2D eigenvalue weighted by atomic mass is 9.97. The fraction of sp³-hybridized carbons (Fsp3) is 0.375. The summed E-state index contributed by atoms with van der Waals surface area (Å²) >= 11 is 1.77. The first-order chi connectivity index (χ1) is 9.95. The van der Waals surface area contributed by atoms with Crippen LogP contribution in [0.3, 0.4) is 0 Å². The smallest absolute Gasteiger partial charge is 0.255 e. The molecule has 0 saturated carbocycles. The van der Waals surface area contributed by atoms with Crippen LogP contribution in [0.15, 0.2) is 29.1 Å². The van der Waals surface area contributed by atoms with Crippen LogP contribution < -0.4 is 5.56 Å². The van der Waals surface area contributed by atoms with Crippen LogP contribution in [0, 0.1) is 0 Å². The molecule has 4 nitrogen and oxygen atoms in total. The number of nitrogens with zero attached hydrogens (tertiary/aromatic N) is 1. The van der Waals surface area contributed by atoms with Crippen molar-refractivity contribution in [2.45, 2.75) is 31.6 Å². The number of benzene rings is 1. The fourth-order valence-corrected chi connectivity index (χ4v) is 3.40. The van der Waals surface area contributed by atoms with Gasteiger partial charge >= 0.3 is 0 Å². The second-order valence-corrected chi connectivity index (χ2v) is 6.88. The van der Waals surface area contributed by atoms with Crippen molar-refractivity contribution in [3.63, 3.8) is 0 Å². The highest BCUT2D eigenvalue weighted by atomic mass is 32.2. The van der Waals surface area contributed by atoms with E-state index in [1.807, 2.05) is 24.3 Å². The van der Waals surface area contributed by atoms with Gasteiger partial charge in [-0.05, 0) is 31.6 Å². The summed E-state index contributed by atoms with van der Waals surface area (Å²) in [6, 6.07) is 7.50. The van der Waals surface area contributed by atoms with E-state index in [4.69, 9.17) is 0 Å². The van der Waals surface area contributed by atoms with Gasteiger partial charge in [-0.2, -0.15) is 11.8 Å². The van der Waals surface area contributed by atoms with Crippen molar-refractivity contribution >= 4 is 11.8 Å². The van der Waals surface area contributed by atoms with Crippen LogP contribution in [-0.4, -0.2) is 20.8 Å². The molecule has 2 heterocycles. The minimum atomic E-state index is -0.869. The zero-order valence-corrected chi connectivity index (χ0v) is 13.0. The van der Waals surface area contributed by atoms with Gasteiger partial charge in [0.2, 0.25) is 0 Å². The van der Waals surface area contributed by atoms with Gasteiger partial charge < -0.3 is 10.1 Å². The van der Waals surface area contributed by atoms with Gasteiger partial charge in [-0.15, -0.1) is 0 Å². The second-order valence-electron chi connectivity index (χ2n) is 5.78. The van der Waals surface area contributed by atoms with Gasteiger partial charge in [0.1, 0.15) is 5.82 Å². The van der Waals surface area contributed by atoms with E-state index in [0.717, 1.165) is 40.3 Å². The van der Waals surface area contributed by atoms with Crippen LogP contribution in [0.1, 0.15) is 30.7 Å².